The molecule has 1 saturated heterocycles. The summed E-state index contributed by atoms with van der Waals surface area (Å²) in [7, 11) is 0. The Balaban J connectivity index is 1.42. The van der Waals surface area contributed by atoms with Crippen LogP contribution in [-0.2, 0) is 19.1 Å². The smallest absolute Gasteiger partial charge is 0.417 e. The van der Waals surface area contributed by atoms with Crippen molar-refractivity contribution in [2.75, 3.05) is 19.8 Å². The van der Waals surface area contributed by atoms with Crippen LogP contribution in [0.5, 0.6) is 0 Å². The molecule has 2 aliphatic rings. The summed E-state index contributed by atoms with van der Waals surface area (Å²) in [6, 6.07) is 10.8. The lowest BCUT2D eigenvalue weighted by Gasteiger charge is -2.24. The molecule has 2 amide bonds. The van der Waals surface area contributed by atoms with E-state index in [4.69, 9.17) is 14.6 Å². The number of aliphatic carboxylic acids is 1. The van der Waals surface area contributed by atoms with E-state index in [1.807, 2.05) is 53.8 Å². The Morgan fingerprint density at radius 3 is 2.18 bits per heavy atom. The predicted octanol–water partition coefficient (Wildman–Crippen LogP) is 2.67. The number of fused-ring (bicyclic) bond motifs is 3. The minimum Gasteiger partial charge on any atom is -0.481 e. The van der Waals surface area contributed by atoms with E-state index in [2.05, 4.69) is 0 Å². The van der Waals surface area contributed by atoms with E-state index in [1.54, 1.807) is 5.32 Å². The molecule has 2 aromatic carbocycles. The maximum absolute atomic E-state index is 13.5. The lowest BCUT2D eigenvalue weighted by Crippen LogP contribution is -2.58. The summed E-state index contributed by atoms with van der Waals surface area (Å²) in [5, 5.41) is 12.7. The second kappa shape index (κ2) is 9.34. The van der Waals surface area contributed by atoms with Gasteiger partial charge < -0.3 is 25.2 Å². The summed E-state index contributed by atoms with van der Waals surface area (Å²) < 4.78 is 50.6. The van der Waals surface area contributed by atoms with Gasteiger partial charge in [-0.15, -0.1) is 0 Å². The molecule has 3 unspecified atom stereocenters. The monoisotopic (exact) mass is 478 g/mol. The Bertz CT molecular complexity index is 1060. The van der Waals surface area contributed by atoms with E-state index >= 15 is 0 Å². The summed E-state index contributed by atoms with van der Waals surface area (Å²) in [4.78, 5) is 35.7. The predicted molar refractivity (Wildman–Crippen MR) is 112 cm³/mol. The molecule has 1 aliphatic carbocycles. The number of carboxylic acid groups (broad SMARTS) is 1. The molecule has 0 saturated carbocycles. The molecule has 0 aromatic heterocycles. The highest BCUT2D eigenvalue weighted by Crippen LogP contribution is 2.44. The van der Waals surface area contributed by atoms with Crippen LogP contribution in [0.15, 0.2) is 48.5 Å². The second-order valence-corrected chi connectivity index (χ2v) is 8.04. The van der Waals surface area contributed by atoms with Crippen molar-refractivity contribution >= 4 is 18.0 Å². The number of ether oxygens (including phenoxy) is 2. The maximum atomic E-state index is 13.5. The van der Waals surface area contributed by atoms with Crippen LogP contribution in [0.3, 0.4) is 0 Å². The number of alkyl carbamates (subject to hydrolysis) is 1. The SMILES string of the molecule is O=C(NC(C(=O)NC1COCC1C(=O)O)C(F)(F)F)OCC1c2ccccc2-c2ccccc21. The molecule has 0 spiro atoms. The van der Waals surface area contributed by atoms with Crippen LogP contribution in [0.1, 0.15) is 17.0 Å². The van der Waals surface area contributed by atoms with E-state index in [9.17, 15) is 27.6 Å². The summed E-state index contributed by atoms with van der Waals surface area (Å²) in [6.07, 6.45) is -6.55. The van der Waals surface area contributed by atoms with Gasteiger partial charge in [-0.1, -0.05) is 48.5 Å². The molecular weight excluding hydrogens is 457 g/mol. The Kier molecular flexibility index (Phi) is 6.47. The van der Waals surface area contributed by atoms with Gasteiger partial charge in [-0.2, -0.15) is 13.2 Å². The molecular formula is C23H21F3N2O6. The first-order chi connectivity index (χ1) is 16.2. The van der Waals surface area contributed by atoms with E-state index in [1.165, 1.54) is 0 Å². The van der Waals surface area contributed by atoms with Gasteiger partial charge in [-0.25, -0.2) is 4.79 Å². The first kappa shape index (κ1) is 23.6. The molecule has 2 aromatic rings. The maximum Gasteiger partial charge on any atom is 0.417 e. The van der Waals surface area contributed by atoms with Gasteiger partial charge in [0.15, 0.2) is 0 Å². The van der Waals surface area contributed by atoms with Gasteiger partial charge in [0.25, 0.3) is 5.91 Å². The van der Waals surface area contributed by atoms with E-state index in [0.717, 1.165) is 22.3 Å². The molecule has 34 heavy (non-hydrogen) atoms. The van der Waals surface area contributed by atoms with Crippen molar-refractivity contribution in [2.45, 2.75) is 24.2 Å². The molecule has 1 fully saturated rings. The Morgan fingerprint density at radius 1 is 1.03 bits per heavy atom. The van der Waals surface area contributed by atoms with Gasteiger partial charge >= 0.3 is 18.2 Å². The molecule has 3 atom stereocenters. The molecule has 0 radical (unpaired) electrons. The largest absolute Gasteiger partial charge is 0.481 e. The van der Waals surface area contributed by atoms with Crippen LogP contribution in [0.25, 0.3) is 11.1 Å². The molecule has 8 nitrogen and oxygen atoms in total. The summed E-state index contributed by atoms with van der Waals surface area (Å²) in [6.45, 7) is -0.724. The number of nitrogens with one attached hydrogen (secondary N) is 2. The summed E-state index contributed by atoms with van der Waals surface area (Å²) in [5.74, 6) is -4.46. The average molecular weight is 478 g/mol. The number of hydrogen-bond donors (Lipinski definition) is 3. The van der Waals surface area contributed by atoms with Crippen molar-refractivity contribution in [3.05, 3.63) is 59.7 Å². The lowest BCUT2D eigenvalue weighted by molar-refractivity contribution is -0.168. The zero-order valence-corrected chi connectivity index (χ0v) is 17.7. The van der Waals surface area contributed by atoms with Gasteiger partial charge in [0.05, 0.1) is 19.3 Å². The van der Waals surface area contributed by atoms with Crippen LogP contribution >= 0.6 is 0 Å². The third-order valence-electron chi connectivity index (χ3n) is 5.92. The van der Waals surface area contributed by atoms with Crippen LogP contribution in [0, 0.1) is 5.92 Å². The zero-order valence-electron chi connectivity index (χ0n) is 17.7. The fourth-order valence-corrected chi connectivity index (χ4v) is 4.26. The lowest BCUT2D eigenvalue weighted by atomic mass is 9.98. The highest BCUT2D eigenvalue weighted by Gasteiger charge is 2.48. The highest BCUT2D eigenvalue weighted by atomic mass is 19.4. The number of hydrogen-bond acceptors (Lipinski definition) is 5. The molecule has 3 N–H and O–H groups in total. The highest BCUT2D eigenvalue weighted by molar-refractivity contribution is 5.87. The summed E-state index contributed by atoms with van der Waals surface area (Å²) in [5.41, 5.74) is 3.66. The number of amides is 2. The van der Waals surface area contributed by atoms with Crippen LogP contribution in [0.2, 0.25) is 0 Å². The molecule has 1 aliphatic heterocycles. The van der Waals surface area contributed by atoms with Crippen molar-refractivity contribution in [2.24, 2.45) is 5.92 Å². The van der Waals surface area contributed by atoms with Gasteiger partial charge in [-0.3, -0.25) is 9.59 Å². The first-order valence-electron chi connectivity index (χ1n) is 10.5. The average Bonchev–Trinajstić information content (AvgIpc) is 3.38. The van der Waals surface area contributed by atoms with Gasteiger partial charge in [-0.05, 0) is 22.3 Å². The topological polar surface area (TPSA) is 114 Å². The van der Waals surface area contributed by atoms with Crippen molar-refractivity contribution < 1.29 is 42.1 Å². The normalized spacial score (nSPS) is 20.2. The van der Waals surface area contributed by atoms with E-state index < -0.39 is 42.1 Å². The second-order valence-electron chi connectivity index (χ2n) is 8.04. The number of carbonyl (C=O) groups excluding carboxylic acids is 2. The van der Waals surface area contributed by atoms with Crippen LogP contribution in [-0.4, -0.2) is 61.2 Å². The number of rotatable bonds is 6. The number of carboxylic acids is 1. The number of carbonyl (C=O) groups is 3. The molecule has 11 heteroatoms. The molecule has 1 heterocycles. The fraction of sp³-hybridized carbons (Fsp3) is 0.348. The van der Waals surface area contributed by atoms with Gasteiger partial charge in [0.2, 0.25) is 6.04 Å². The third-order valence-corrected chi connectivity index (χ3v) is 5.92. The zero-order chi connectivity index (χ0) is 24.5. The number of alkyl halides is 3. The minimum absolute atomic E-state index is 0.233. The fourth-order valence-electron chi connectivity index (χ4n) is 4.26. The van der Waals surface area contributed by atoms with Crippen molar-refractivity contribution in [3.8, 4) is 11.1 Å². The molecule has 180 valence electrons. The quantitative estimate of drug-likeness (QED) is 0.588. The van der Waals surface area contributed by atoms with E-state index in [0.29, 0.717) is 0 Å². The third kappa shape index (κ3) is 4.69. The van der Waals surface area contributed by atoms with E-state index in [-0.39, 0.29) is 25.7 Å². The Hall–Kier alpha value is -3.60. The molecule has 4 rings (SSSR count). The Morgan fingerprint density at radius 2 is 1.62 bits per heavy atom. The first-order valence-corrected chi connectivity index (χ1v) is 10.5. The minimum atomic E-state index is -5.13. The van der Waals surface area contributed by atoms with Crippen molar-refractivity contribution in [1.29, 1.82) is 0 Å². The number of benzene rings is 2. The number of halogens is 3. The standard InChI is InChI=1S/C23H21F3N2O6/c24-23(25,26)19(20(29)27-18-11-33-9-17(18)21(30)31)28-22(32)34-10-16-14-7-3-1-5-12(14)13-6-2-4-8-15(13)16/h1-8,16-19H,9-11H2,(H,27,29)(H,28,32)(H,30,31). The van der Waals surface area contributed by atoms with Gasteiger partial charge in [0, 0.05) is 5.92 Å². The van der Waals surface area contributed by atoms with Crippen LogP contribution < -0.4 is 10.6 Å². The Labute approximate surface area is 192 Å². The van der Waals surface area contributed by atoms with Crippen LogP contribution in [0.4, 0.5) is 18.0 Å². The van der Waals surface area contributed by atoms with Crippen molar-refractivity contribution in [3.63, 3.8) is 0 Å². The summed E-state index contributed by atoms with van der Waals surface area (Å²) >= 11 is 0. The molecule has 0 bridgehead atoms. The van der Waals surface area contributed by atoms with Crippen molar-refractivity contribution in [1.82, 2.24) is 10.6 Å². The van der Waals surface area contributed by atoms with Gasteiger partial charge in [0.1, 0.15) is 12.5 Å².